The van der Waals surface area contributed by atoms with E-state index in [4.69, 9.17) is 11.6 Å². The molecule has 2 aromatic carbocycles. The Labute approximate surface area is 132 Å². The molecule has 2 aromatic rings. The predicted octanol–water partition coefficient (Wildman–Crippen LogP) is 4.46. The Bertz CT molecular complexity index is 811. The van der Waals surface area contributed by atoms with Crippen LogP contribution in [0.15, 0.2) is 48.0 Å². The van der Waals surface area contributed by atoms with Gasteiger partial charge in [-0.3, -0.25) is 14.9 Å². The second-order valence-corrected chi connectivity index (χ2v) is 5.53. The summed E-state index contributed by atoms with van der Waals surface area (Å²) in [7, 11) is 0. The maximum absolute atomic E-state index is 12.5. The molecule has 0 aliphatic heterocycles. The van der Waals surface area contributed by atoms with E-state index in [1.54, 1.807) is 12.1 Å². The van der Waals surface area contributed by atoms with Gasteiger partial charge in [0, 0.05) is 17.2 Å². The van der Waals surface area contributed by atoms with Gasteiger partial charge in [-0.1, -0.05) is 41.9 Å². The first-order valence-corrected chi connectivity index (χ1v) is 7.21. The number of halogens is 1. The minimum atomic E-state index is -0.525. The molecule has 0 amide bonds. The Morgan fingerprint density at radius 2 is 1.91 bits per heavy atom. The molecule has 0 spiro atoms. The molecule has 0 bridgehead atoms. The highest BCUT2D eigenvalue weighted by atomic mass is 35.5. The molecule has 0 radical (unpaired) electrons. The number of allylic oxidation sites excluding steroid dienone is 1. The first kappa shape index (κ1) is 14.5. The summed E-state index contributed by atoms with van der Waals surface area (Å²) < 4.78 is 0. The van der Waals surface area contributed by atoms with Gasteiger partial charge in [0.1, 0.15) is 5.02 Å². The van der Waals surface area contributed by atoms with Crippen LogP contribution in [0.1, 0.15) is 27.9 Å². The largest absolute Gasteiger partial charge is 0.289 e. The van der Waals surface area contributed by atoms with E-state index in [-0.39, 0.29) is 16.5 Å². The minimum Gasteiger partial charge on any atom is -0.289 e. The van der Waals surface area contributed by atoms with Crippen LogP contribution >= 0.6 is 11.6 Å². The second kappa shape index (κ2) is 5.73. The number of aryl methyl sites for hydroxylation is 1. The summed E-state index contributed by atoms with van der Waals surface area (Å²) in [6.45, 7) is 0. The quantitative estimate of drug-likeness (QED) is 0.467. The van der Waals surface area contributed by atoms with Gasteiger partial charge in [-0.25, -0.2) is 0 Å². The molecule has 110 valence electrons. The van der Waals surface area contributed by atoms with E-state index < -0.39 is 4.92 Å². The molecule has 0 unspecified atom stereocenters. The van der Waals surface area contributed by atoms with Crippen LogP contribution in [0.3, 0.4) is 0 Å². The molecule has 0 aromatic heterocycles. The monoisotopic (exact) mass is 313 g/mol. The van der Waals surface area contributed by atoms with E-state index in [2.05, 4.69) is 0 Å². The van der Waals surface area contributed by atoms with Crippen molar-refractivity contribution in [2.24, 2.45) is 0 Å². The van der Waals surface area contributed by atoms with Crippen molar-refractivity contribution in [2.45, 2.75) is 12.8 Å². The average Bonchev–Trinajstić information content (AvgIpc) is 2.52. The third-order valence-electron chi connectivity index (χ3n) is 3.73. The van der Waals surface area contributed by atoms with Crippen molar-refractivity contribution in [2.75, 3.05) is 0 Å². The highest BCUT2D eigenvalue weighted by Crippen LogP contribution is 2.29. The van der Waals surface area contributed by atoms with Crippen LogP contribution in [0, 0.1) is 10.1 Å². The molecular weight excluding hydrogens is 302 g/mol. The van der Waals surface area contributed by atoms with Gasteiger partial charge >= 0.3 is 0 Å². The standard InChI is InChI=1S/C17H12ClNO3/c18-15-8-5-11(10-16(15)19(21)22)9-13-7-6-12-3-1-2-4-14(12)17(13)20/h1-5,8-10H,6-7H2/b13-9+. The summed E-state index contributed by atoms with van der Waals surface area (Å²) >= 11 is 5.80. The van der Waals surface area contributed by atoms with Crippen LogP contribution < -0.4 is 0 Å². The number of benzene rings is 2. The number of fused-ring (bicyclic) bond motifs is 1. The summed E-state index contributed by atoms with van der Waals surface area (Å²) in [5.74, 6) is -0.0144. The maximum Gasteiger partial charge on any atom is 0.288 e. The summed E-state index contributed by atoms with van der Waals surface area (Å²) in [5, 5.41) is 11.0. The van der Waals surface area contributed by atoms with Crippen LogP contribution in [0.5, 0.6) is 0 Å². The molecule has 0 N–H and O–H groups in total. The van der Waals surface area contributed by atoms with Gasteiger partial charge in [0.2, 0.25) is 0 Å². The molecule has 0 fully saturated rings. The zero-order valence-electron chi connectivity index (χ0n) is 11.6. The van der Waals surface area contributed by atoms with Gasteiger partial charge in [0.25, 0.3) is 5.69 Å². The minimum absolute atomic E-state index is 0.0144. The molecule has 0 saturated carbocycles. The van der Waals surface area contributed by atoms with Crippen molar-refractivity contribution in [1.82, 2.24) is 0 Å². The number of ketones is 1. The van der Waals surface area contributed by atoms with Crippen molar-refractivity contribution in [1.29, 1.82) is 0 Å². The fourth-order valence-electron chi connectivity index (χ4n) is 2.61. The van der Waals surface area contributed by atoms with Crippen LogP contribution in [0.2, 0.25) is 5.02 Å². The smallest absolute Gasteiger partial charge is 0.288 e. The zero-order chi connectivity index (χ0) is 15.7. The first-order valence-electron chi connectivity index (χ1n) is 6.83. The van der Waals surface area contributed by atoms with Gasteiger partial charge in [-0.15, -0.1) is 0 Å². The molecule has 0 heterocycles. The van der Waals surface area contributed by atoms with Crippen molar-refractivity contribution >= 4 is 29.1 Å². The van der Waals surface area contributed by atoms with E-state index in [0.29, 0.717) is 23.1 Å². The summed E-state index contributed by atoms with van der Waals surface area (Å²) in [4.78, 5) is 22.9. The fourth-order valence-corrected chi connectivity index (χ4v) is 2.80. The number of hydrogen-bond donors (Lipinski definition) is 0. The lowest BCUT2D eigenvalue weighted by atomic mass is 9.86. The number of carbonyl (C=O) groups is 1. The van der Waals surface area contributed by atoms with Gasteiger partial charge in [0.05, 0.1) is 4.92 Å². The highest BCUT2D eigenvalue weighted by Gasteiger charge is 2.21. The molecule has 4 nitrogen and oxygen atoms in total. The molecule has 3 rings (SSSR count). The Morgan fingerprint density at radius 1 is 1.14 bits per heavy atom. The molecule has 1 aliphatic carbocycles. The fraction of sp³-hybridized carbons (Fsp3) is 0.118. The van der Waals surface area contributed by atoms with E-state index in [1.165, 1.54) is 12.1 Å². The molecule has 22 heavy (non-hydrogen) atoms. The van der Waals surface area contributed by atoms with Crippen molar-refractivity contribution in [3.05, 3.63) is 79.9 Å². The molecule has 0 saturated heterocycles. The second-order valence-electron chi connectivity index (χ2n) is 5.12. The Kier molecular flexibility index (Phi) is 3.77. The van der Waals surface area contributed by atoms with E-state index >= 15 is 0 Å². The number of nitro benzene ring substituents is 1. The normalized spacial score (nSPS) is 15.7. The number of nitrogens with zero attached hydrogens (tertiary/aromatic N) is 1. The van der Waals surface area contributed by atoms with E-state index in [9.17, 15) is 14.9 Å². The van der Waals surface area contributed by atoms with Crippen LogP contribution in [-0.2, 0) is 6.42 Å². The van der Waals surface area contributed by atoms with Crippen molar-refractivity contribution in [3.63, 3.8) is 0 Å². The SMILES string of the molecule is O=C1/C(=C/c2ccc(Cl)c([N+](=O)[O-])c2)CCc2ccccc21. The Morgan fingerprint density at radius 3 is 2.68 bits per heavy atom. The maximum atomic E-state index is 12.5. The lowest BCUT2D eigenvalue weighted by Gasteiger charge is -2.17. The third kappa shape index (κ3) is 2.65. The van der Waals surface area contributed by atoms with Gasteiger partial charge in [-0.2, -0.15) is 0 Å². The average molecular weight is 314 g/mol. The lowest BCUT2D eigenvalue weighted by molar-refractivity contribution is -0.384. The van der Waals surface area contributed by atoms with E-state index in [0.717, 1.165) is 12.0 Å². The Hall–Kier alpha value is -2.46. The summed E-state index contributed by atoms with van der Waals surface area (Å²) in [6, 6.07) is 12.1. The highest BCUT2D eigenvalue weighted by molar-refractivity contribution is 6.32. The Balaban J connectivity index is 1.99. The topological polar surface area (TPSA) is 60.2 Å². The molecule has 5 heteroatoms. The van der Waals surface area contributed by atoms with Gasteiger partial charge in [0.15, 0.2) is 5.78 Å². The van der Waals surface area contributed by atoms with Gasteiger partial charge < -0.3 is 0 Å². The lowest BCUT2D eigenvalue weighted by Crippen LogP contribution is -2.13. The predicted molar refractivity (Wildman–Crippen MR) is 85.2 cm³/mol. The van der Waals surface area contributed by atoms with Crippen molar-refractivity contribution in [3.8, 4) is 0 Å². The van der Waals surface area contributed by atoms with Crippen LogP contribution in [-0.4, -0.2) is 10.7 Å². The zero-order valence-corrected chi connectivity index (χ0v) is 12.3. The van der Waals surface area contributed by atoms with Crippen molar-refractivity contribution < 1.29 is 9.72 Å². The first-order chi connectivity index (χ1) is 10.6. The summed E-state index contributed by atoms with van der Waals surface area (Å²) in [6.07, 6.45) is 3.14. The number of nitro groups is 1. The third-order valence-corrected chi connectivity index (χ3v) is 4.04. The van der Waals surface area contributed by atoms with Gasteiger partial charge in [-0.05, 0) is 36.1 Å². The molecular formula is C17H12ClNO3. The molecule has 1 aliphatic rings. The van der Waals surface area contributed by atoms with E-state index in [1.807, 2.05) is 24.3 Å². The number of rotatable bonds is 2. The van der Waals surface area contributed by atoms with Crippen LogP contribution in [0.25, 0.3) is 6.08 Å². The van der Waals surface area contributed by atoms with Crippen LogP contribution in [0.4, 0.5) is 5.69 Å². The number of carbonyl (C=O) groups excluding carboxylic acids is 1. The summed E-state index contributed by atoms with van der Waals surface area (Å²) in [5.41, 5.74) is 2.88. The molecule has 0 atom stereocenters. The number of Topliss-reactive ketones (excluding diaryl/α,β-unsaturated/α-hetero) is 1. The number of hydrogen-bond acceptors (Lipinski definition) is 3.